The van der Waals surface area contributed by atoms with Crippen LogP contribution in [0.2, 0.25) is 0 Å². The minimum atomic E-state index is -0.144. The van der Waals surface area contributed by atoms with Crippen LogP contribution in [0.1, 0.15) is 38.2 Å². The van der Waals surface area contributed by atoms with E-state index in [2.05, 4.69) is 15.5 Å². The molecular formula is C8H17N5O. The summed E-state index contributed by atoms with van der Waals surface area (Å²) in [7, 11) is 1.68. The largest absolute Gasteiger partial charge is 0.385 e. The summed E-state index contributed by atoms with van der Waals surface area (Å²) in [5.41, 5.74) is 5.73. The van der Waals surface area contributed by atoms with E-state index in [0.717, 1.165) is 6.42 Å². The molecule has 6 heteroatoms. The summed E-state index contributed by atoms with van der Waals surface area (Å²) >= 11 is 0. The zero-order chi connectivity index (χ0) is 10.6. The second-order valence-electron chi connectivity index (χ2n) is 3.40. The Bertz CT molecular complexity index is 272. The molecule has 1 heterocycles. The van der Waals surface area contributed by atoms with E-state index in [9.17, 15) is 0 Å². The Balaban J connectivity index is 2.68. The Labute approximate surface area is 83.4 Å². The van der Waals surface area contributed by atoms with Gasteiger partial charge in [0.1, 0.15) is 0 Å². The van der Waals surface area contributed by atoms with Crippen LogP contribution in [0.5, 0.6) is 0 Å². The molecule has 1 aromatic rings. The molecule has 0 saturated carbocycles. The average Bonchev–Trinajstić information content (AvgIpc) is 2.62. The van der Waals surface area contributed by atoms with Gasteiger partial charge in [0, 0.05) is 13.7 Å². The highest BCUT2D eigenvalue weighted by atomic mass is 16.5. The predicted octanol–water partition coefficient (Wildman–Crippen LogP) is 0.290. The predicted molar refractivity (Wildman–Crippen MR) is 51.6 cm³/mol. The molecule has 0 saturated heterocycles. The maximum Gasteiger partial charge on any atom is 0.167 e. The van der Waals surface area contributed by atoms with Crippen molar-refractivity contribution >= 4 is 0 Å². The number of aromatic nitrogens is 4. The Hall–Kier alpha value is -1.01. The summed E-state index contributed by atoms with van der Waals surface area (Å²) < 4.78 is 6.75. The minimum absolute atomic E-state index is 0.144. The van der Waals surface area contributed by atoms with Crippen molar-refractivity contribution in [1.29, 1.82) is 0 Å². The number of nitrogens with two attached hydrogens (primary N) is 1. The Morgan fingerprint density at radius 3 is 2.79 bits per heavy atom. The third-order valence-electron chi connectivity index (χ3n) is 2.08. The van der Waals surface area contributed by atoms with Crippen molar-refractivity contribution in [2.24, 2.45) is 5.73 Å². The highest BCUT2D eigenvalue weighted by Crippen LogP contribution is 2.13. The van der Waals surface area contributed by atoms with Gasteiger partial charge in [0.05, 0.1) is 12.1 Å². The fraction of sp³-hybridized carbons (Fsp3) is 0.875. The molecule has 1 rings (SSSR count). The zero-order valence-corrected chi connectivity index (χ0v) is 8.84. The first-order chi connectivity index (χ1) is 6.66. The molecule has 14 heavy (non-hydrogen) atoms. The molecule has 2 N–H and O–H groups in total. The fourth-order valence-electron chi connectivity index (χ4n) is 1.22. The standard InChI is InChI=1S/C8H17N5O/c1-6(4-5-14-3)13-8(7(2)9)10-11-12-13/h6-7H,4-5,9H2,1-3H3. The lowest BCUT2D eigenvalue weighted by Crippen LogP contribution is -2.18. The van der Waals surface area contributed by atoms with Gasteiger partial charge in [-0.25, -0.2) is 4.68 Å². The third-order valence-corrected chi connectivity index (χ3v) is 2.08. The molecule has 2 atom stereocenters. The third kappa shape index (κ3) is 2.49. The molecule has 80 valence electrons. The lowest BCUT2D eigenvalue weighted by molar-refractivity contribution is 0.177. The lowest BCUT2D eigenvalue weighted by Gasteiger charge is -2.13. The van der Waals surface area contributed by atoms with Crippen molar-refractivity contribution in [3.8, 4) is 0 Å². The van der Waals surface area contributed by atoms with Gasteiger partial charge < -0.3 is 10.5 Å². The van der Waals surface area contributed by atoms with Crippen LogP contribution >= 0.6 is 0 Å². The van der Waals surface area contributed by atoms with E-state index in [-0.39, 0.29) is 12.1 Å². The van der Waals surface area contributed by atoms with E-state index in [1.165, 1.54) is 0 Å². The van der Waals surface area contributed by atoms with E-state index < -0.39 is 0 Å². The van der Waals surface area contributed by atoms with Gasteiger partial charge in [-0.3, -0.25) is 0 Å². The number of nitrogens with zero attached hydrogens (tertiary/aromatic N) is 4. The van der Waals surface area contributed by atoms with E-state index in [4.69, 9.17) is 10.5 Å². The van der Waals surface area contributed by atoms with Crippen LogP contribution in [0.4, 0.5) is 0 Å². The molecular weight excluding hydrogens is 182 g/mol. The highest BCUT2D eigenvalue weighted by molar-refractivity contribution is 4.89. The van der Waals surface area contributed by atoms with Crippen molar-refractivity contribution in [3.63, 3.8) is 0 Å². The van der Waals surface area contributed by atoms with Crippen LogP contribution in [-0.2, 0) is 4.74 Å². The summed E-state index contributed by atoms with van der Waals surface area (Å²) in [5.74, 6) is 0.716. The van der Waals surface area contributed by atoms with Gasteiger partial charge in [0.2, 0.25) is 0 Å². The average molecular weight is 199 g/mol. The van der Waals surface area contributed by atoms with E-state index in [1.807, 2.05) is 13.8 Å². The number of hydrogen-bond donors (Lipinski definition) is 1. The van der Waals surface area contributed by atoms with E-state index in [1.54, 1.807) is 11.8 Å². The maximum absolute atomic E-state index is 5.73. The van der Waals surface area contributed by atoms with Crippen LogP contribution in [-0.4, -0.2) is 33.9 Å². The second-order valence-corrected chi connectivity index (χ2v) is 3.40. The number of ether oxygens (including phenoxy) is 1. The van der Waals surface area contributed by atoms with Crippen molar-refractivity contribution < 1.29 is 4.74 Å². The van der Waals surface area contributed by atoms with Crippen LogP contribution < -0.4 is 5.73 Å². The van der Waals surface area contributed by atoms with Crippen LogP contribution in [0.3, 0.4) is 0 Å². The second kappa shape index (κ2) is 5.02. The minimum Gasteiger partial charge on any atom is -0.385 e. The Kier molecular flexibility index (Phi) is 3.97. The van der Waals surface area contributed by atoms with Crippen molar-refractivity contribution in [2.75, 3.05) is 13.7 Å². The van der Waals surface area contributed by atoms with Crippen LogP contribution in [0, 0.1) is 0 Å². The molecule has 0 aliphatic heterocycles. The van der Waals surface area contributed by atoms with E-state index >= 15 is 0 Å². The number of methoxy groups -OCH3 is 1. The topological polar surface area (TPSA) is 78.8 Å². The smallest absolute Gasteiger partial charge is 0.167 e. The lowest BCUT2D eigenvalue weighted by atomic mass is 10.2. The molecule has 0 spiro atoms. The summed E-state index contributed by atoms with van der Waals surface area (Å²) in [6.45, 7) is 4.60. The molecule has 0 radical (unpaired) electrons. The molecule has 0 fully saturated rings. The van der Waals surface area contributed by atoms with Gasteiger partial charge in [0.15, 0.2) is 5.82 Å². The monoisotopic (exact) mass is 199 g/mol. The maximum atomic E-state index is 5.73. The highest BCUT2D eigenvalue weighted by Gasteiger charge is 2.15. The van der Waals surface area contributed by atoms with Crippen LogP contribution in [0.25, 0.3) is 0 Å². The Morgan fingerprint density at radius 1 is 1.50 bits per heavy atom. The van der Waals surface area contributed by atoms with Gasteiger partial charge in [-0.1, -0.05) is 0 Å². The SMILES string of the molecule is COCCC(C)n1nnnc1C(C)N. The molecule has 0 aliphatic rings. The molecule has 2 unspecified atom stereocenters. The molecule has 0 aromatic carbocycles. The van der Waals surface area contributed by atoms with Gasteiger partial charge in [0.25, 0.3) is 0 Å². The summed E-state index contributed by atoms with van der Waals surface area (Å²) in [4.78, 5) is 0. The molecule has 0 amide bonds. The number of tetrazole rings is 1. The van der Waals surface area contributed by atoms with Crippen LogP contribution in [0.15, 0.2) is 0 Å². The van der Waals surface area contributed by atoms with Crippen molar-refractivity contribution in [2.45, 2.75) is 32.4 Å². The number of hydrogen-bond acceptors (Lipinski definition) is 5. The summed E-state index contributed by atoms with van der Waals surface area (Å²) in [6, 6.07) is 0.0703. The zero-order valence-electron chi connectivity index (χ0n) is 8.84. The fourth-order valence-corrected chi connectivity index (χ4v) is 1.22. The molecule has 0 aliphatic carbocycles. The van der Waals surface area contributed by atoms with Crippen molar-refractivity contribution in [1.82, 2.24) is 20.2 Å². The van der Waals surface area contributed by atoms with Gasteiger partial charge in [-0.05, 0) is 30.7 Å². The molecule has 6 nitrogen and oxygen atoms in total. The molecule has 0 bridgehead atoms. The normalized spacial score (nSPS) is 15.4. The van der Waals surface area contributed by atoms with Gasteiger partial charge in [-0.15, -0.1) is 5.10 Å². The first-order valence-electron chi connectivity index (χ1n) is 4.69. The first-order valence-corrected chi connectivity index (χ1v) is 4.69. The summed E-state index contributed by atoms with van der Waals surface area (Å²) in [6.07, 6.45) is 0.876. The van der Waals surface area contributed by atoms with Crippen molar-refractivity contribution in [3.05, 3.63) is 5.82 Å². The van der Waals surface area contributed by atoms with E-state index in [0.29, 0.717) is 12.4 Å². The Morgan fingerprint density at radius 2 is 2.21 bits per heavy atom. The molecule has 1 aromatic heterocycles. The van der Waals surface area contributed by atoms with Gasteiger partial charge >= 0.3 is 0 Å². The quantitative estimate of drug-likeness (QED) is 0.737. The number of rotatable bonds is 5. The first kappa shape index (κ1) is 11.1. The summed E-state index contributed by atoms with van der Waals surface area (Å²) in [5, 5.41) is 11.4. The van der Waals surface area contributed by atoms with Gasteiger partial charge in [-0.2, -0.15) is 0 Å².